The molecule has 240 valence electrons. The topological polar surface area (TPSA) is 63.2 Å². The summed E-state index contributed by atoms with van der Waals surface area (Å²) < 4.78 is 25.2. The minimum Gasteiger partial charge on any atom is -0.320 e. The molecule has 0 aromatic heterocycles. The van der Waals surface area contributed by atoms with Crippen molar-refractivity contribution in [3.05, 3.63) is 77.9 Å². The highest BCUT2D eigenvalue weighted by molar-refractivity contribution is 7.90. The molecule has 2 aromatic carbocycles. The Balaban J connectivity index is 0.000000440. The molecular weight excluding hydrogens is 552 g/mol. The summed E-state index contributed by atoms with van der Waals surface area (Å²) in [6, 6.07) is 15.0. The van der Waals surface area contributed by atoms with Gasteiger partial charge in [0.25, 0.3) is 15.9 Å². The van der Waals surface area contributed by atoms with Crippen LogP contribution in [-0.4, -0.2) is 39.4 Å². The predicted molar refractivity (Wildman–Crippen MR) is 182 cm³/mol. The third-order valence-corrected chi connectivity index (χ3v) is 10.7. The largest absolute Gasteiger partial charge is 0.320 e. The van der Waals surface area contributed by atoms with E-state index in [0.29, 0.717) is 0 Å². The number of nitrogens with one attached hydrogen (secondary N) is 1. The number of unbranched alkanes of at least 4 members (excludes halogenated alkanes) is 13. The quantitative estimate of drug-likeness (QED) is 0.0978. The standard InChI is InChI=1S/C30H54N.C7H5NO3S/c1-7-9-10-11-12-13-14-15-16-17-18-19-20-23-27-31(5,6)30(3,4)29-26-22-21-25-28(29)24-8-2;9-7-5-3-1-2-4-6(5)12(10,11)8-7/h8,21-22,25-26H,2,7,9-20,23-24,27H2,1,3-6H3;1-4H,(H,8,9)/q+1;. The molecular formula is C37H59N2O3S+. The van der Waals surface area contributed by atoms with Crippen molar-refractivity contribution in [2.45, 2.75) is 128 Å². The Morgan fingerprint density at radius 3 is 1.79 bits per heavy atom. The molecule has 0 atom stereocenters. The van der Waals surface area contributed by atoms with Gasteiger partial charge in [-0.15, -0.1) is 6.58 Å². The first-order chi connectivity index (χ1) is 20.5. The number of nitrogens with zero attached hydrogens (tertiary/aromatic N) is 1. The van der Waals surface area contributed by atoms with Crippen molar-refractivity contribution in [1.82, 2.24) is 4.72 Å². The molecule has 0 radical (unpaired) electrons. The monoisotopic (exact) mass is 611 g/mol. The molecule has 1 heterocycles. The van der Waals surface area contributed by atoms with Crippen molar-refractivity contribution < 1.29 is 17.7 Å². The summed E-state index contributed by atoms with van der Waals surface area (Å²) in [5, 5.41) is 0. The van der Waals surface area contributed by atoms with E-state index in [4.69, 9.17) is 0 Å². The Morgan fingerprint density at radius 1 is 0.767 bits per heavy atom. The van der Waals surface area contributed by atoms with E-state index in [1.165, 1.54) is 120 Å². The van der Waals surface area contributed by atoms with Crippen LogP contribution in [0.4, 0.5) is 0 Å². The van der Waals surface area contributed by atoms with Gasteiger partial charge in [0, 0.05) is 5.56 Å². The lowest BCUT2D eigenvalue weighted by Crippen LogP contribution is -2.54. The number of rotatable bonds is 19. The number of hydrogen-bond donors (Lipinski definition) is 1. The summed E-state index contributed by atoms with van der Waals surface area (Å²) in [6.45, 7) is 12.3. The molecule has 1 N–H and O–H groups in total. The van der Waals surface area contributed by atoms with Gasteiger partial charge < -0.3 is 4.48 Å². The van der Waals surface area contributed by atoms with Crippen molar-refractivity contribution in [2.75, 3.05) is 20.6 Å². The maximum Gasteiger partial charge on any atom is 0.266 e. The molecule has 0 bridgehead atoms. The number of hydrogen-bond acceptors (Lipinski definition) is 3. The summed E-state index contributed by atoms with van der Waals surface area (Å²) in [5.74, 6) is -0.550. The highest BCUT2D eigenvalue weighted by Gasteiger charge is 2.39. The van der Waals surface area contributed by atoms with Crippen LogP contribution in [0.1, 0.15) is 132 Å². The van der Waals surface area contributed by atoms with Gasteiger partial charge in [-0.3, -0.25) is 4.79 Å². The zero-order valence-electron chi connectivity index (χ0n) is 27.8. The second-order valence-corrected chi connectivity index (χ2v) is 14.8. The van der Waals surface area contributed by atoms with E-state index in [1.807, 2.05) is 10.8 Å². The third-order valence-electron chi connectivity index (χ3n) is 9.27. The van der Waals surface area contributed by atoms with E-state index >= 15 is 0 Å². The van der Waals surface area contributed by atoms with E-state index < -0.39 is 15.9 Å². The van der Waals surface area contributed by atoms with Crippen molar-refractivity contribution in [2.24, 2.45) is 0 Å². The van der Waals surface area contributed by atoms with Gasteiger partial charge in [-0.05, 0) is 50.8 Å². The number of sulfonamides is 1. The molecule has 0 spiro atoms. The summed E-state index contributed by atoms with van der Waals surface area (Å²) >= 11 is 0. The Kier molecular flexibility index (Phi) is 15.7. The molecule has 2 aromatic rings. The lowest BCUT2D eigenvalue weighted by molar-refractivity contribution is -0.945. The first-order valence-corrected chi connectivity index (χ1v) is 18.1. The average Bonchev–Trinajstić information content (AvgIpc) is 3.21. The van der Waals surface area contributed by atoms with Crippen molar-refractivity contribution in [3.8, 4) is 0 Å². The van der Waals surface area contributed by atoms with Crippen LogP contribution in [0.3, 0.4) is 0 Å². The van der Waals surface area contributed by atoms with E-state index in [-0.39, 0.29) is 16.0 Å². The molecule has 1 amide bonds. The second kappa shape index (κ2) is 18.4. The maximum atomic E-state index is 11.1. The summed E-state index contributed by atoms with van der Waals surface area (Å²) in [4.78, 5) is 11.1. The highest BCUT2D eigenvalue weighted by atomic mass is 32.2. The molecule has 1 aliphatic heterocycles. The summed E-state index contributed by atoms with van der Waals surface area (Å²) in [7, 11) is 1.27. The van der Waals surface area contributed by atoms with Crippen LogP contribution in [0.25, 0.3) is 0 Å². The number of carbonyl (C=O) groups excluding carboxylic acids is 1. The molecule has 6 heteroatoms. The molecule has 0 unspecified atom stereocenters. The fourth-order valence-electron chi connectivity index (χ4n) is 5.88. The predicted octanol–water partition coefficient (Wildman–Crippen LogP) is 9.33. The maximum absolute atomic E-state index is 11.1. The van der Waals surface area contributed by atoms with Gasteiger partial charge in [-0.2, -0.15) is 0 Å². The number of allylic oxidation sites excluding steroid dienone is 1. The van der Waals surface area contributed by atoms with Gasteiger partial charge in [0.15, 0.2) is 0 Å². The lowest BCUT2D eigenvalue weighted by atomic mass is 9.85. The van der Waals surface area contributed by atoms with Crippen LogP contribution < -0.4 is 4.72 Å². The number of benzene rings is 2. The fraction of sp³-hybridized carbons (Fsp3) is 0.595. The lowest BCUT2D eigenvalue weighted by Gasteiger charge is -2.46. The minimum atomic E-state index is -3.55. The van der Waals surface area contributed by atoms with E-state index in [1.54, 1.807) is 12.1 Å². The van der Waals surface area contributed by atoms with Crippen LogP contribution in [0.2, 0.25) is 0 Å². The van der Waals surface area contributed by atoms with Gasteiger partial charge in [-0.25, -0.2) is 13.1 Å². The van der Waals surface area contributed by atoms with Gasteiger partial charge in [-0.1, -0.05) is 126 Å². The van der Waals surface area contributed by atoms with Crippen LogP contribution in [0.15, 0.2) is 66.1 Å². The van der Waals surface area contributed by atoms with Gasteiger partial charge in [0.1, 0.15) is 10.4 Å². The van der Waals surface area contributed by atoms with Crippen LogP contribution in [-0.2, 0) is 22.0 Å². The van der Waals surface area contributed by atoms with Crippen molar-refractivity contribution in [1.29, 1.82) is 0 Å². The van der Waals surface area contributed by atoms with E-state index in [9.17, 15) is 13.2 Å². The molecule has 0 saturated heterocycles. The molecule has 43 heavy (non-hydrogen) atoms. The SMILES string of the molecule is C=CCc1ccccc1C(C)(C)[N+](C)(C)CCCCCCCCCCCCCCCC.O=C1NS(=O)(=O)c2ccccc21. The zero-order valence-corrected chi connectivity index (χ0v) is 28.6. The van der Waals surface area contributed by atoms with E-state index in [2.05, 4.69) is 65.7 Å². The first kappa shape index (κ1) is 36.8. The van der Waals surface area contributed by atoms with Crippen molar-refractivity contribution >= 4 is 15.9 Å². The summed E-state index contributed by atoms with van der Waals surface area (Å²) in [6.07, 6.45) is 22.9. The number of quaternary nitrogens is 1. The number of fused-ring (bicyclic) bond motifs is 1. The van der Waals surface area contributed by atoms with Crippen molar-refractivity contribution in [3.63, 3.8) is 0 Å². The summed E-state index contributed by atoms with van der Waals surface area (Å²) in [5.41, 5.74) is 3.23. The Hall–Kier alpha value is -2.44. The molecule has 0 fully saturated rings. The highest BCUT2D eigenvalue weighted by Crippen LogP contribution is 2.35. The fourth-order valence-corrected chi connectivity index (χ4v) is 7.05. The second-order valence-electron chi connectivity index (χ2n) is 13.1. The van der Waals surface area contributed by atoms with Crippen LogP contribution >= 0.6 is 0 Å². The molecule has 0 aliphatic carbocycles. The van der Waals surface area contributed by atoms with Gasteiger partial charge in [0.2, 0.25) is 0 Å². The van der Waals surface area contributed by atoms with Gasteiger partial charge >= 0.3 is 0 Å². The molecule has 1 aliphatic rings. The first-order valence-electron chi connectivity index (χ1n) is 16.7. The smallest absolute Gasteiger partial charge is 0.266 e. The average molecular weight is 612 g/mol. The van der Waals surface area contributed by atoms with Crippen LogP contribution in [0.5, 0.6) is 0 Å². The van der Waals surface area contributed by atoms with Gasteiger partial charge in [0.05, 0.1) is 26.2 Å². The Morgan fingerprint density at radius 2 is 1.26 bits per heavy atom. The van der Waals surface area contributed by atoms with Crippen LogP contribution in [0, 0.1) is 0 Å². The number of amides is 1. The molecule has 3 rings (SSSR count). The zero-order chi connectivity index (χ0) is 31.8. The number of carbonyl (C=O) groups is 1. The molecule has 0 saturated carbocycles. The van der Waals surface area contributed by atoms with E-state index in [0.717, 1.165) is 10.9 Å². The Bertz CT molecular complexity index is 1230. The third kappa shape index (κ3) is 11.5. The minimum absolute atomic E-state index is 0.0648. The Labute approximate surface area is 263 Å². The molecule has 5 nitrogen and oxygen atoms in total. The normalized spacial score (nSPS) is 14.0.